The fraction of sp³-hybridized carbons (Fsp3) is 0.577. The van der Waals surface area contributed by atoms with Crippen LogP contribution in [0.3, 0.4) is 0 Å². The smallest absolute Gasteiger partial charge is 0.252 e. The summed E-state index contributed by atoms with van der Waals surface area (Å²) in [6.07, 6.45) is 4.91. The molecule has 174 valence electrons. The molecule has 0 bridgehead atoms. The van der Waals surface area contributed by atoms with Gasteiger partial charge in [-0.05, 0) is 55.4 Å². The van der Waals surface area contributed by atoms with Crippen LogP contribution in [0.25, 0.3) is 0 Å². The summed E-state index contributed by atoms with van der Waals surface area (Å²) in [7, 11) is 0. The third-order valence-electron chi connectivity index (χ3n) is 6.50. The number of nitrogens with zero attached hydrogens (tertiary/aromatic N) is 1. The van der Waals surface area contributed by atoms with Crippen molar-refractivity contribution in [2.75, 3.05) is 19.6 Å². The summed E-state index contributed by atoms with van der Waals surface area (Å²) in [5.74, 6) is -0.112. The maximum absolute atomic E-state index is 13.0. The molecule has 1 aromatic rings. The molecule has 1 saturated carbocycles. The number of rotatable bonds is 10. The Bertz CT molecular complexity index is 860. The van der Waals surface area contributed by atoms with Gasteiger partial charge in [0.2, 0.25) is 5.91 Å². The average Bonchev–Trinajstić information content (AvgIpc) is 3.64. The van der Waals surface area contributed by atoms with Gasteiger partial charge in [0, 0.05) is 36.5 Å². The van der Waals surface area contributed by atoms with Crippen molar-refractivity contribution in [2.24, 2.45) is 5.92 Å². The van der Waals surface area contributed by atoms with Gasteiger partial charge in [-0.15, -0.1) is 0 Å². The van der Waals surface area contributed by atoms with Crippen molar-refractivity contribution in [1.82, 2.24) is 15.5 Å². The van der Waals surface area contributed by atoms with Gasteiger partial charge in [0.25, 0.3) is 5.91 Å². The van der Waals surface area contributed by atoms with Crippen molar-refractivity contribution in [3.63, 3.8) is 0 Å². The van der Waals surface area contributed by atoms with E-state index in [4.69, 9.17) is 0 Å². The van der Waals surface area contributed by atoms with Gasteiger partial charge >= 0.3 is 0 Å². The largest absolute Gasteiger partial charge is 0.341 e. The first-order chi connectivity index (χ1) is 15.3. The fourth-order valence-corrected chi connectivity index (χ4v) is 4.17. The van der Waals surface area contributed by atoms with Gasteiger partial charge in [-0.3, -0.25) is 14.4 Å². The third-order valence-corrected chi connectivity index (χ3v) is 6.50. The summed E-state index contributed by atoms with van der Waals surface area (Å²) in [6, 6.07) is 7.44. The standard InChI is InChI=1S/C26H37N3O3/c1-5-18(4)24(25(31)17(2)3)28-26(32)20-9-6-8-19(14-20)21-10-7-13-29(16-21)23(30)15-27-22-11-12-22/h6,8-9,14,17,21-22,24,27H,4-5,7,10-13,15-16H2,1-3H3,(H,28,32). The molecule has 0 aromatic heterocycles. The van der Waals surface area contributed by atoms with E-state index >= 15 is 0 Å². The monoisotopic (exact) mass is 439 g/mol. The van der Waals surface area contributed by atoms with Crippen LogP contribution < -0.4 is 10.6 Å². The number of carbonyl (C=O) groups excluding carboxylic acids is 3. The van der Waals surface area contributed by atoms with Gasteiger partial charge < -0.3 is 15.5 Å². The molecule has 2 unspecified atom stereocenters. The lowest BCUT2D eigenvalue weighted by molar-refractivity contribution is -0.131. The summed E-state index contributed by atoms with van der Waals surface area (Å²) in [6.45, 7) is 11.5. The van der Waals surface area contributed by atoms with Crippen LogP contribution in [0, 0.1) is 5.92 Å². The maximum atomic E-state index is 13.0. The lowest BCUT2D eigenvalue weighted by atomic mass is 9.89. The zero-order chi connectivity index (χ0) is 23.3. The lowest BCUT2D eigenvalue weighted by Crippen LogP contribution is -2.44. The minimum atomic E-state index is -0.669. The summed E-state index contributed by atoms with van der Waals surface area (Å²) in [4.78, 5) is 40.1. The Balaban J connectivity index is 1.66. The number of amides is 2. The molecule has 1 aromatic carbocycles. The Labute approximate surface area is 191 Å². The first-order valence-corrected chi connectivity index (χ1v) is 11.9. The van der Waals surface area contributed by atoms with Crippen molar-refractivity contribution < 1.29 is 14.4 Å². The summed E-state index contributed by atoms with van der Waals surface area (Å²) in [5.41, 5.74) is 2.31. The Hall–Kier alpha value is -2.47. The minimum absolute atomic E-state index is 0.0254. The van der Waals surface area contributed by atoms with E-state index in [-0.39, 0.29) is 29.4 Å². The van der Waals surface area contributed by atoms with Crippen LogP contribution in [0.15, 0.2) is 36.4 Å². The molecule has 6 heteroatoms. The van der Waals surface area contributed by atoms with Crippen LogP contribution in [-0.4, -0.2) is 54.2 Å². The molecule has 0 spiro atoms. The molecule has 2 atom stereocenters. The topological polar surface area (TPSA) is 78.5 Å². The van der Waals surface area contributed by atoms with E-state index in [0.717, 1.165) is 30.5 Å². The number of hydrogen-bond acceptors (Lipinski definition) is 4. The first-order valence-electron chi connectivity index (χ1n) is 11.9. The number of benzene rings is 1. The van der Waals surface area contributed by atoms with E-state index in [1.54, 1.807) is 6.07 Å². The Morgan fingerprint density at radius 2 is 1.94 bits per heavy atom. The molecule has 1 aliphatic heterocycles. The van der Waals surface area contributed by atoms with Crippen molar-refractivity contribution in [2.45, 2.75) is 70.9 Å². The highest BCUT2D eigenvalue weighted by molar-refractivity contribution is 5.99. The first kappa shape index (κ1) is 24.2. The fourth-order valence-electron chi connectivity index (χ4n) is 4.17. The number of nitrogens with one attached hydrogen (secondary N) is 2. The van der Waals surface area contributed by atoms with Gasteiger partial charge in [0.15, 0.2) is 5.78 Å². The summed E-state index contributed by atoms with van der Waals surface area (Å²) >= 11 is 0. The second-order valence-electron chi connectivity index (χ2n) is 9.43. The lowest BCUT2D eigenvalue weighted by Gasteiger charge is -2.33. The zero-order valence-electron chi connectivity index (χ0n) is 19.7. The predicted octanol–water partition coefficient (Wildman–Crippen LogP) is 3.43. The quantitative estimate of drug-likeness (QED) is 0.548. The van der Waals surface area contributed by atoms with Crippen LogP contribution in [0.2, 0.25) is 0 Å². The van der Waals surface area contributed by atoms with Crippen molar-refractivity contribution in [1.29, 1.82) is 0 Å². The molecule has 1 saturated heterocycles. The molecular weight excluding hydrogens is 402 g/mol. The number of Topliss-reactive ketones (excluding diaryl/α,β-unsaturated/α-hetero) is 1. The Morgan fingerprint density at radius 1 is 1.19 bits per heavy atom. The highest BCUT2D eigenvalue weighted by atomic mass is 16.2. The van der Waals surface area contributed by atoms with E-state index in [9.17, 15) is 14.4 Å². The molecule has 6 nitrogen and oxygen atoms in total. The highest BCUT2D eigenvalue weighted by Crippen LogP contribution is 2.28. The SMILES string of the molecule is C=C(CC)C(NC(=O)c1cccc(C2CCCN(C(=O)CNC3CC3)C2)c1)C(=O)C(C)C. The molecule has 2 fully saturated rings. The van der Waals surface area contributed by atoms with Crippen molar-refractivity contribution >= 4 is 17.6 Å². The van der Waals surface area contributed by atoms with E-state index < -0.39 is 6.04 Å². The second-order valence-corrected chi connectivity index (χ2v) is 9.43. The van der Waals surface area contributed by atoms with Gasteiger partial charge in [0.1, 0.15) is 6.04 Å². The number of carbonyl (C=O) groups is 3. The summed E-state index contributed by atoms with van der Waals surface area (Å²) < 4.78 is 0. The zero-order valence-corrected chi connectivity index (χ0v) is 19.7. The normalized spacial score (nSPS) is 19.5. The number of ketones is 1. The van der Waals surface area contributed by atoms with Crippen LogP contribution >= 0.6 is 0 Å². The number of hydrogen-bond donors (Lipinski definition) is 2. The molecule has 2 amide bonds. The molecule has 3 rings (SSSR count). The average molecular weight is 440 g/mol. The van der Waals surface area contributed by atoms with Crippen LogP contribution in [0.5, 0.6) is 0 Å². The highest BCUT2D eigenvalue weighted by Gasteiger charge is 2.28. The summed E-state index contributed by atoms with van der Waals surface area (Å²) in [5, 5.41) is 6.20. The minimum Gasteiger partial charge on any atom is -0.341 e. The molecule has 32 heavy (non-hydrogen) atoms. The maximum Gasteiger partial charge on any atom is 0.252 e. The second kappa shape index (κ2) is 10.9. The van der Waals surface area contributed by atoms with Gasteiger partial charge in [-0.1, -0.05) is 39.5 Å². The van der Waals surface area contributed by atoms with Crippen LogP contribution in [0.4, 0.5) is 0 Å². The van der Waals surface area contributed by atoms with Crippen molar-refractivity contribution in [3.8, 4) is 0 Å². The van der Waals surface area contributed by atoms with Gasteiger partial charge in [0.05, 0.1) is 6.54 Å². The van der Waals surface area contributed by atoms with Gasteiger partial charge in [-0.2, -0.15) is 0 Å². The van der Waals surface area contributed by atoms with Crippen molar-refractivity contribution in [3.05, 3.63) is 47.5 Å². The van der Waals surface area contributed by atoms with Crippen LogP contribution in [-0.2, 0) is 9.59 Å². The van der Waals surface area contributed by atoms with E-state index in [1.807, 2.05) is 43.9 Å². The van der Waals surface area contributed by atoms with E-state index in [1.165, 1.54) is 12.8 Å². The molecule has 1 heterocycles. The molecular formula is C26H37N3O3. The molecule has 1 aliphatic carbocycles. The Morgan fingerprint density at radius 3 is 2.59 bits per heavy atom. The molecule has 0 radical (unpaired) electrons. The molecule has 2 aliphatic rings. The number of piperidine rings is 1. The number of likely N-dealkylation sites (tertiary alicyclic amines) is 1. The van der Waals surface area contributed by atoms with Crippen LogP contribution in [0.1, 0.15) is 74.7 Å². The van der Waals surface area contributed by atoms with E-state index in [0.29, 0.717) is 31.1 Å². The predicted molar refractivity (Wildman–Crippen MR) is 127 cm³/mol. The molecule has 2 N–H and O–H groups in total. The Kier molecular flexibility index (Phi) is 8.24. The van der Waals surface area contributed by atoms with E-state index in [2.05, 4.69) is 17.2 Å². The van der Waals surface area contributed by atoms with Gasteiger partial charge in [-0.25, -0.2) is 0 Å². The third kappa shape index (κ3) is 6.28.